The minimum absolute atomic E-state index is 0.638. The van der Waals surface area contributed by atoms with Crippen LogP contribution in [0.15, 0.2) is 497 Å². The summed E-state index contributed by atoms with van der Waals surface area (Å²) >= 11 is 1.74. The van der Waals surface area contributed by atoms with Crippen molar-refractivity contribution in [2.24, 2.45) is 0 Å². The molecule has 0 saturated carbocycles. The SMILES string of the molecule is c1ccc(-c2ccc3cc(-c4nc(-c5ccccc5)nc(-c5ccc6ccc7ccc8nc(-c9ccccc9)sc8c7c6c5)n4)ccc3c2)cc1.c1ccc(-c2nc(-c3cccc4ccccc34)nc(-c3cccc4cc(-n5c6ccccc6c6cc7ccccc7cc65)ccc34)n2)cc1.c1ccc(-c2nc(-c3ccccc3)nc(-c3ccc4c(-n5c6ccccc6c6cc7ccccc7cc65)cccc4c3)n2)cc1. The monoisotopic (exact) mass is 1870 g/mol. The van der Waals surface area contributed by atoms with E-state index in [-0.39, 0.29) is 0 Å². The lowest BCUT2D eigenvalue weighted by molar-refractivity contribution is 1.07. The van der Waals surface area contributed by atoms with Crippen LogP contribution in [0.2, 0.25) is 0 Å². The summed E-state index contributed by atoms with van der Waals surface area (Å²) in [4.78, 5) is 50.3. The third-order valence-corrected chi connectivity index (χ3v) is 28.8. The Balaban J connectivity index is 0.000000108. The molecule has 13 heteroatoms. The van der Waals surface area contributed by atoms with Crippen LogP contribution in [0.25, 0.3) is 276 Å². The van der Waals surface area contributed by atoms with Gasteiger partial charge in [-0.2, -0.15) is 0 Å². The molecule has 0 N–H and O–H groups in total. The molecule has 12 nitrogen and oxygen atoms in total. The second-order valence-electron chi connectivity index (χ2n) is 36.5. The first kappa shape index (κ1) is 84.9. The second-order valence-corrected chi connectivity index (χ2v) is 37.5. The van der Waals surface area contributed by atoms with Crippen LogP contribution in [-0.4, -0.2) is 59.0 Å². The molecule has 0 aliphatic rings. The number of hydrogen-bond acceptors (Lipinski definition) is 11. The van der Waals surface area contributed by atoms with Crippen molar-refractivity contribution in [1.82, 2.24) is 59.0 Å². The van der Waals surface area contributed by atoms with Gasteiger partial charge < -0.3 is 9.13 Å². The Hall–Kier alpha value is -19.3. The van der Waals surface area contributed by atoms with Crippen LogP contribution < -0.4 is 0 Å². The highest BCUT2D eigenvalue weighted by Crippen LogP contribution is 2.45. The van der Waals surface area contributed by atoms with Gasteiger partial charge in [-0.1, -0.05) is 413 Å². The molecular weight excluding hydrogens is 1790 g/mol. The van der Waals surface area contributed by atoms with E-state index < -0.39 is 0 Å². The van der Waals surface area contributed by atoms with Gasteiger partial charge in [0, 0.05) is 93.6 Å². The molecular formula is C132H82N12S. The normalized spacial score (nSPS) is 11.6. The van der Waals surface area contributed by atoms with Crippen molar-refractivity contribution in [3.05, 3.63) is 497 Å². The summed E-state index contributed by atoms with van der Waals surface area (Å²) in [5.41, 5.74) is 20.2. The van der Waals surface area contributed by atoms with E-state index in [0.717, 1.165) is 126 Å². The molecule has 0 saturated heterocycles. The third-order valence-electron chi connectivity index (χ3n) is 27.7. The molecule has 6 heterocycles. The molecule has 29 rings (SSSR count). The minimum atomic E-state index is 0.638. The molecule has 145 heavy (non-hydrogen) atoms. The highest BCUT2D eigenvalue weighted by Gasteiger charge is 2.24. The molecule has 0 unspecified atom stereocenters. The standard InChI is InChI=1S/C46H28N4S.C45H28N4.C41H26N4/c1-4-10-29(11-5-1)34-19-20-36-27-37(23-21-35(36)26-34)44-48-43(32-12-6-2-7-13-32)49-45(50-44)38-22-17-30-16-18-31-24-25-40-42(41(31)39(30)28-38)51-46(47-40)33-14-8-3-9-15-33;1-2-13-30(14-3-1)43-46-44(38-21-10-17-29-12-6-7-19-35(29)38)48-45(47-43)39-22-11-18-33-26-34(24-25-36(33)39)49-41-23-9-8-20-37(41)40-27-31-15-4-5-16-32(31)28-42(40)49;1-3-12-27(13-4-1)39-42-40(28-14-5-2-6-15-28)44-41(43-39)32-22-23-33-31(24-32)18-11-21-36(33)45-37-20-10-9-19-34(37)35-25-29-16-7-8-17-30(29)26-38(35)45/h1-28H;1-28H;1-26H. The largest absolute Gasteiger partial charge is 0.309 e. The van der Waals surface area contributed by atoms with Crippen LogP contribution in [0.3, 0.4) is 0 Å². The lowest BCUT2D eigenvalue weighted by Crippen LogP contribution is -2.01. The lowest BCUT2D eigenvalue weighted by atomic mass is 9.99. The second kappa shape index (κ2) is 36.1. The first-order valence-electron chi connectivity index (χ1n) is 48.6. The molecule has 0 atom stereocenters. The van der Waals surface area contributed by atoms with E-state index in [1.807, 2.05) is 121 Å². The summed E-state index contributed by atoms with van der Waals surface area (Å²) in [5.74, 6) is 5.85. The van der Waals surface area contributed by atoms with Gasteiger partial charge in [-0.3, -0.25) is 0 Å². The fourth-order valence-corrected chi connectivity index (χ4v) is 21.8. The van der Waals surface area contributed by atoms with Crippen molar-refractivity contribution < 1.29 is 0 Å². The van der Waals surface area contributed by atoms with Gasteiger partial charge in [-0.05, 0) is 171 Å². The molecule has 0 bridgehead atoms. The van der Waals surface area contributed by atoms with E-state index in [0.29, 0.717) is 52.4 Å². The van der Waals surface area contributed by atoms with E-state index in [2.05, 4.69) is 385 Å². The Labute approximate surface area is 837 Å². The topological polar surface area (TPSA) is 139 Å². The van der Waals surface area contributed by atoms with Crippen LogP contribution in [0, 0.1) is 0 Å². The zero-order valence-electron chi connectivity index (χ0n) is 78.1. The number of rotatable bonds is 13. The number of fused-ring (bicyclic) bond motifs is 17. The van der Waals surface area contributed by atoms with E-state index in [4.69, 9.17) is 49.8 Å². The molecule has 0 radical (unpaired) electrons. The Morgan fingerprint density at radius 1 is 0.159 bits per heavy atom. The quantitative estimate of drug-likeness (QED) is 0.103. The van der Waals surface area contributed by atoms with Crippen molar-refractivity contribution >= 4 is 151 Å². The fraction of sp³-hybridized carbons (Fsp3) is 0. The summed E-state index contributed by atoms with van der Waals surface area (Å²) in [7, 11) is 0. The molecule has 29 aromatic rings. The van der Waals surface area contributed by atoms with Crippen molar-refractivity contribution in [1.29, 1.82) is 0 Å². The number of thiazole rings is 1. The average molecular weight is 1870 g/mol. The minimum Gasteiger partial charge on any atom is -0.309 e. The summed E-state index contributed by atoms with van der Waals surface area (Å²) in [6.07, 6.45) is 0. The molecule has 6 aromatic heterocycles. The molecule has 0 amide bonds. The molecule has 0 spiro atoms. The van der Waals surface area contributed by atoms with E-state index in [1.165, 1.54) is 97.1 Å². The van der Waals surface area contributed by atoms with E-state index >= 15 is 0 Å². The smallest absolute Gasteiger partial charge is 0.164 e. The number of benzene rings is 23. The highest BCUT2D eigenvalue weighted by atomic mass is 32.1. The molecule has 0 aliphatic heterocycles. The Bertz CT molecular complexity index is 10100. The van der Waals surface area contributed by atoms with Crippen molar-refractivity contribution in [2.45, 2.75) is 0 Å². The zero-order chi connectivity index (χ0) is 95.8. The summed E-state index contributed by atoms with van der Waals surface area (Å²) in [6, 6.07) is 174. The Kier molecular flexibility index (Phi) is 21.2. The number of aromatic nitrogens is 12. The van der Waals surface area contributed by atoms with Gasteiger partial charge in [-0.25, -0.2) is 49.8 Å². The summed E-state index contributed by atoms with van der Waals surface area (Å²) in [6.45, 7) is 0. The van der Waals surface area contributed by atoms with Crippen molar-refractivity contribution in [3.63, 3.8) is 0 Å². The lowest BCUT2D eigenvalue weighted by Gasteiger charge is -2.13. The number of para-hydroxylation sites is 2. The molecule has 23 aromatic carbocycles. The third kappa shape index (κ3) is 15.8. The van der Waals surface area contributed by atoms with Gasteiger partial charge >= 0.3 is 0 Å². The average Bonchev–Trinajstić information content (AvgIpc) is 1.58. The first-order valence-corrected chi connectivity index (χ1v) is 49.4. The van der Waals surface area contributed by atoms with E-state index in [9.17, 15) is 0 Å². The van der Waals surface area contributed by atoms with Crippen molar-refractivity contribution in [2.75, 3.05) is 0 Å². The van der Waals surface area contributed by atoms with Crippen molar-refractivity contribution in [3.8, 4) is 136 Å². The summed E-state index contributed by atoms with van der Waals surface area (Å²) in [5, 5.41) is 24.8. The van der Waals surface area contributed by atoms with Gasteiger partial charge in [0.2, 0.25) is 0 Å². The maximum atomic E-state index is 5.16. The first-order chi connectivity index (χ1) is 71.8. The predicted molar refractivity (Wildman–Crippen MR) is 601 cm³/mol. The molecule has 0 aliphatic carbocycles. The number of nitrogens with zero attached hydrogens (tertiary/aromatic N) is 12. The van der Waals surface area contributed by atoms with Crippen LogP contribution in [0.4, 0.5) is 0 Å². The van der Waals surface area contributed by atoms with Crippen LogP contribution in [-0.2, 0) is 0 Å². The summed E-state index contributed by atoms with van der Waals surface area (Å²) < 4.78 is 5.98. The Morgan fingerprint density at radius 2 is 0.497 bits per heavy atom. The van der Waals surface area contributed by atoms with Crippen LogP contribution >= 0.6 is 11.3 Å². The fourth-order valence-electron chi connectivity index (χ4n) is 20.7. The molecule has 0 fully saturated rings. The van der Waals surface area contributed by atoms with Crippen LogP contribution in [0.1, 0.15) is 0 Å². The van der Waals surface area contributed by atoms with Gasteiger partial charge in [0.15, 0.2) is 52.4 Å². The molecule has 676 valence electrons. The zero-order valence-corrected chi connectivity index (χ0v) is 78.9. The highest BCUT2D eigenvalue weighted by molar-refractivity contribution is 7.22. The Morgan fingerprint density at radius 3 is 1.04 bits per heavy atom. The van der Waals surface area contributed by atoms with Gasteiger partial charge in [0.1, 0.15) is 5.01 Å². The number of hydrogen-bond donors (Lipinski definition) is 0. The van der Waals surface area contributed by atoms with E-state index in [1.54, 1.807) is 11.3 Å². The maximum absolute atomic E-state index is 5.16. The van der Waals surface area contributed by atoms with Crippen LogP contribution in [0.5, 0.6) is 0 Å². The predicted octanol–water partition coefficient (Wildman–Crippen LogP) is 34.0. The maximum Gasteiger partial charge on any atom is 0.164 e. The van der Waals surface area contributed by atoms with Gasteiger partial charge in [-0.15, -0.1) is 11.3 Å². The van der Waals surface area contributed by atoms with Gasteiger partial charge in [0.05, 0.1) is 38.0 Å². The van der Waals surface area contributed by atoms with Gasteiger partial charge in [0.25, 0.3) is 0 Å².